The monoisotopic (exact) mass is 377 g/mol. The zero-order chi connectivity index (χ0) is 17.5. The summed E-state index contributed by atoms with van der Waals surface area (Å²) in [6.07, 6.45) is 5.75. The molecule has 1 aliphatic carbocycles. The van der Waals surface area contributed by atoms with E-state index >= 15 is 0 Å². The molecule has 142 valence electrons. The van der Waals surface area contributed by atoms with Crippen LogP contribution in [0.15, 0.2) is 42.5 Å². The van der Waals surface area contributed by atoms with Gasteiger partial charge in [-0.25, -0.2) is 4.39 Å². The summed E-state index contributed by atoms with van der Waals surface area (Å²) < 4.78 is 19.5. The van der Waals surface area contributed by atoms with Gasteiger partial charge in [0.2, 0.25) is 0 Å². The number of hydrogen-bond donors (Lipinski definition) is 1. The number of rotatable bonds is 8. The molecule has 0 amide bonds. The molecule has 0 aliphatic heterocycles. The van der Waals surface area contributed by atoms with Crippen LogP contribution in [-0.2, 0) is 19.3 Å². The Hall–Kier alpha value is -1.58. The SMILES string of the molecule is CCNCC(COc1ccc2c(c1)CCCC2)Cc1cccc(F)c1.Cl. The molecule has 2 aromatic rings. The Labute approximate surface area is 162 Å². The van der Waals surface area contributed by atoms with Crippen molar-refractivity contribution < 1.29 is 9.13 Å². The summed E-state index contributed by atoms with van der Waals surface area (Å²) in [5, 5.41) is 3.40. The topological polar surface area (TPSA) is 21.3 Å². The average molecular weight is 378 g/mol. The van der Waals surface area contributed by atoms with E-state index in [2.05, 4.69) is 30.4 Å². The van der Waals surface area contributed by atoms with E-state index in [-0.39, 0.29) is 18.2 Å². The van der Waals surface area contributed by atoms with Crippen LogP contribution in [0, 0.1) is 11.7 Å². The molecule has 0 saturated carbocycles. The van der Waals surface area contributed by atoms with E-state index in [9.17, 15) is 4.39 Å². The molecule has 2 aromatic carbocycles. The van der Waals surface area contributed by atoms with Crippen molar-refractivity contribution >= 4 is 12.4 Å². The summed E-state index contributed by atoms with van der Waals surface area (Å²) in [7, 11) is 0. The molecule has 0 bridgehead atoms. The smallest absolute Gasteiger partial charge is 0.123 e. The maximum Gasteiger partial charge on any atom is 0.123 e. The normalized spacial score (nSPS) is 14.2. The van der Waals surface area contributed by atoms with Crippen molar-refractivity contribution in [1.82, 2.24) is 5.32 Å². The molecule has 3 rings (SSSR count). The van der Waals surface area contributed by atoms with E-state index < -0.39 is 0 Å². The Balaban J connectivity index is 0.00000243. The van der Waals surface area contributed by atoms with Crippen LogP contribution >= 0.6 is 12.4 Å². The minimum atomic E-state index is -0.171. The van der Waals surface area contributed by atoms with Gasteiger partial charge in [0.25, 0.3) is 0 Å². The lowest BCUT2D eigenvalue weighted by atomic mass is 9.92. The van der Waals surface area contributed by atoms with Crippen molar-refractivity contribution in [1.29, 1.82) is 0 Å². The highest BCUT2D eigenvalue weighted by atomic mass is 35.5. The fourth-order valence-corrected chi connectivity index (χ4v) is 3.55. The lowest BCUT2D eigenvalue weighted by Crippen LogP contribution is -2.28. The largest absolute Gasteiger partial charge is 0.493 e. The summed E-state index contributed by atoms with van der Waals surface area (Å²) in [6, 6.07) is 13.4. The molecule has 26 heavy (non-hydrogen) atoms. The van der Waals surface area contributed by atoms with Crippen molar-refractivity contribution in [2.24, 2.45) is 5.92 Å². The molecular weight excluding hydrogens is 349 g/mol. The molecule has 0 spiro atoms. The molecule has 0 aromatic heterocycles. The molecule has 0 fully saturated rings. The molecule has 1 unspecified atom stereocenters. The lowest BCUT2D eigenvalue weighted by Gasteiger charge is -2.20. The molecule has 0 radical (unpaired) electrons. The van der Waals surface area contributed by atoms with Gasteiger partial charge in [0.1, 0.15) is 11.6 Å². The van der Waals surface area contributed by atoms with E-state index in [0.29, 0.717) is 12.5 Å². The predicted molar refractivity (Wildman–Crippen MR) is 108 cm³/mol. The Morgan fingerprint density at radius 3 is 2.65 bits per heavy atom. The first kappa shape index (κ1) is 20.7. The number of ether oxygens (including phenoxy) is 1. The molecule has 2 nitrogen and oxygen atoms in total. The molecule has 1 aliphatic rings. The van der Waals surface area contributed by atoms with Crippen molar-refractivity contribution in [2.45, 2.75) is 39.0 Å². The van der Waals surface area contributed by atoms with Gasteiger partial charge in [0.05, 0.1) is 6.61 Å². The fourth-order valence-electron chi connectivity index (χ4n) is 3.55. The number of halogens is 2. The highest BCUT2D eigenvalue weighted by molar-refractivity contribution is 5.85. The van der Waals surface area contributed by atoms with Crippen LogP contribution in [0.1, 0.15) is 36.5 Å². The number of benzene rings is 2. The maximum atomic E-state index is 13.4. The minimum Gasteiger partial charge on any atom is -0.493 e. The van der Waals surface area contributed by atoms with Gasteiger partial charge in [-0.3, -0.25) is 0 Å². The molecule has 0 heterocycles. The van der Waals surface area contributed by atoms with Gasteiger partial charge in [-0.15, -0.1) is 12.4 Å². The first-order valence-corrected chi connectivity index (χ1v) is 9.44. The van der Waals surface area contributed by atoms with Gasteiger partial charge < -0.3 is 10.1 Å². The van der Waals surface area contributed by atoms with Gasteiger partial charge in [-0.1, -0.05) is 25.1 Å². The van der Waals surface area contributed by atoms with Gasteiger partial charge in [0.15, 0.2) is 0 Å². The minimum absolute atomic E-state index is 0. The standard InChI is InChI=1S/C22H28FNO.ClH/c1-2-24-15-18(12-17-6-5-9-21(23)13-17)16-25-22-11-10-19-7-3-4-8-20(19)14-22;/h5-6,9-11,13-14,18,24H,2-4,7-8,12,15-16H2,1H3;1H. The summed E-state index contributed by atoms with van der Waals surface area (Å²) >= 11 is 0. The van der Waals surface area contributed by atoms with Crippen LogP contribution in [0.4, 0.5) is 4.39 Å². The summed E-state index contributed by atoms with van der Waals surface area (Å²) in [5.74, 6) is 1.11. The van der Waals surface area contributed by atoms with Crippen molar-refractivity contribution in [3.63, 3.8) is 0 Å². The highest BCUT2D eigenvalue weighted by Crippen LogP contribution is 2.25. The zero-order valence-electron chi connectivity index (χ0n) is 15.5. The van der Waals surface area contributed by atoms with Crippen LogP contribution in [0.25, 0.3) is 0 Å². The summed E-state index contributed by atoms with van der Waals surface area (Å²) in [5.41, 5.74) is 3.94. The van der Waals surface area contributed by atoms with Gasteiger partial charge >= 0.3 is 0 Å². The van der Waals surface area contributed by atoms with E-state index in [0.717, 1.165) is 37.2 Å². The lowest BCUT2D eigenvalue weighted by molar-refractivity contribution is 0.243. The molecule has 1 atom stereocenters. The van der Waals surface area contributed by atoms with Gasteiger partial charge in [0, 0.05) is 12.5 Å². The molecule has 0 saturated heterocycles. The van der Waals surface area contributed by atoms with E-state index in [1.807, 2.05) is 6.07 Å². The predicted octanol–water partition coefficient (Wildman–Crippen LogP) is 4.97. The number of aryl methyl sites for hydroxylation is 2. The molecule has 1 N–H and O–H groups in total. The Kier molecular flexibility index (Phi) is 8.40. The van der Waals surface area contributed by atoms with Crippen LogP contribution in [0.3, 0.4) is 0 Å². The van der Waals surface area contributed by atoms with Crippen LogP contribution in [0.2, 0.25) is 0 Å². The molecular formula is C22H29ClFNO. The van der Waals surface area contributed by atoms with Crippen molar-refractivity contribution in [3.8, 4) is 5.75 Å². The van der Waals surface area contributed by atoms with Gasteiger partial charge in [-0.05, 0) is 79.6 Å². The van der Waals surface area contributed by atoms with Crippen LogP contribution < -0.4 is 10.1 Å². The fraction of sp³-hybridized carbons (Fsp3) is 0.455. The van der Waals surface area contributed by atoms with Crippen LogP contribution in [-0.4, -0.2) is 19.7 Å². The average Bonchev–Trinajstić information content (AvgIpc) is 2.64. The third kappa shape index (κ3) is 6.00. The summed E-state index contributed by atoms with van der Waals surface area (Å²) in [4.78, 5) is 0. The van der Waals surface area contributed by atoms with E-state index in [4.69, 9.17) is 4.74 Å². The third-order valence-corrected chi connectivity index (χ3v) is 4.90. The first-order valence-electron chi connectivity index (χ1n) is 9.44. The van der Waals surface area contributed by atoms with Crippen LogP contribution in [0.5, 0.6) is 5.75 Å². The molecule has 4 heteroatoms. The Bertz CT molecular complexity index is 692. The van der Waals surface area contributed by atoms with Gasteiger partial charge in [-0.2, -0.15) is 0 Å². The second-order valence-electron chi connectivity index (χ2n) is 6.96. The first-order chi connectivity index (χ1) is 12.2. The van der Waals surface area contributed by atoms with E-state index in [1.54, 1.807) is 12.1 Å². The zero-order valence-corrected chi connectivity index (χ0v) is 16.3. The highest BCUT2D eigenvalue weighted by Gasteiger charge is 2.13. The number of nitrogens with one attached hydrogen (secondary N) is 1. The van der Waals surface area contributed by atoms with Crippen molar-refractivity contribution in [2.75, 3.05) is 19.7 Å². The third-order valence-electron chi connectivity index (χ3n) is 4.90. The quantitative estimate of drug-likeness (QED) is 0.701. The summed E-state index contributed by atoms with van der Waals surface area (Å²) in [6.45, 7) is 4.54. The second-order valence-corrected chi connectivity index (χ2v) is 6.96. The number of fused-ring (bicyclic) bond motifs is 1. The maximum absolute atomic E-state index is 13.4. The number of hydrogen-bond acceptors (Lipinski definition) is 2. The Morgan fingerprint density at radius 2 is 1.88 bits per heavy atom. The van der Waals surface area contributed by atoms with E-state index in [1.165, 1.54) is 36.5 Å². The second kappa shape index (κ2) is 10.5. The Morgan fingerprint density at radius 1 is 1.08 bits per heavy atom. The van der Waals surface area contributed by atoms with Crippen molar-refractivity contribution in [3.05, 3.63) is 65.0 Å².